The van der Waals surface area contributed by atoms with Crippen LogP contribution in [0.15, 0.2) is 0 Å². The molecule has 0 saturated heterocycles. The smallest absolute Gasteiger partial charge is 0.0372 e. The quantitative estimate of drug-likeness (QED) is 0.589. The Bertz CT molecular complexity index is 134. The molecule has 1 aliphatic carbocycles. The van der Waals surface area contributed by atoms with Gasteiger partial charge in [-0.3, -0.25) is 0 Å². The SMILES string of the molecule is CCCCC1([SiH](C)C)CCCCC1. The Morgan fingerprint density at radius 2 is 1.69 bits per heavy atom. The van der Waals surface area contributed by atoms with E-state index in [1.54, 1.807) is 19.3 Å². The molecule has 0 spiro atoms. The van der Waals surface area contributed by atoms with E-state index in [0.29, 0.717) is 0 Å². The van der Waals surface area contributed by atoms with Crippen LogP contribution >= 0.6 is 0 Å². The lowest BCUT2D eigenvalue weighted by Crippen LogP contribution is -2.29. The van der Waals surface area contributed by atoms with Crippen LogP contribution in [0, 0.1) is 0 Å². The van der Waals surface area contributed by atoms with Crippen LogP contribution in [0.3, 0.4) is 0 Å². The zero-order valence-corrected chi connectivity index (χ0v) is 10.9. The highest BCUT2D eigenvalue weighted by Gasteiger charge is 2.34. The predicted molar refractivity (Wildman–Crippen MR) is 64.2 cm³/mol. The molecule has 0 N–H and O–H groups in total. The Labute approximate surface area is 85.7 Å². The van der Waals surface area contributed by atoms with Crippen molar-refractivity contribution >= 4 is 8.80 Å². The van der Waals surface area contributed by atoms with E-state index < -0.39 is 8.80 Å². The molecule has 1 heteroatoms. The molecular weight excluding hydrogens is 172 g/mol. The lowest BCUT2D eigenvalue weighted by molar-refractivity contribution is 0.342. The molecule has 0 aromatic rings. The van der Waals surface area contributed by atoms with E-state index in [1.165, 1.54) is 32.1 Å². The Morgan fingerprint density at radius 1 is 1.08 bits per heavy atom. The third kappa shape index (κ3) is 2.83. The van der Waals surface area contributed by atoms with Crippen LogP contribution in [0.5, 0.6) is 0 Å². The minimum atomic E-state index is -0.419. The van der Waals surface area contributed by atoms with Crippen molar-refractivity contribution < 1.29 is 0 Å². The lowest BCUT2D eigenvalue weighted by Gasteiger charge is -2.40. The topological polar surface area (TPSA) is 0 Å². The van der Waals surface area contributed by atoms with Crippen molar-refractivity contribution in [2.75, 3.05) is 0 Å². The summed E-state index contributed by atoms with van der Waals surface area (Å²) in [5.41, 5.74) is 0. The Morgan fingerprint density at radius 3 is 2.15 bits per heavy atom. The van der Waals surface area contributed by atoms with Gasteiger partial charge in [0.05, 0.1) is 0 Å². The van der Waals surface area contributed by atoms with Crippen molar-refractivity contribution in [2.24, 2.45) is 0 Å². The average molecular weight is 198 g/mol. The summed E-state index contributed by atoms with van der Waals surface area (Å²) in [7, 11) is -0.419. The number of unbranched alkanes of at least 4 members (excludes halogenated alkanes) is 1. The second-order valence-electron chi connectivity index (χ2n) is 5.18. The van der Waals surface area contributed by atoms with Gasteiger partial charge < -0.3 is 0 Å². The van der Waals surface area contributed by atoms with E-state index in [2.05, 4.69) is 20.0 Å². The van der Waals surface area contributed by atoms with Gasteiger partial charge in [-0.05, 0) is 5.04 Å². The van der Waals surface area contributed by atoms with Gasteiger partial charge in [0.1, 0.15) is 0 Å². The van der Waals surface area contributed by atoms with Gasteiger partial charge >= 0.3 is 0 Å². The van der Waals surface area contributed by atoms with Crippen LogP contribution in [0.2, 0.25) is 18.1 Å². The fourth-order valence-corrected chi connectivity index (χ4v) is 5.25. The molecule has 78 valence electrons. The summed E-state index contributed by atoms with van der Waals surface area (Å²) in [6.07, 6.45) is 12.1. The van der Waals surface area contributed by atoms with Crippen LogP contribution in [-0.2, 0) is 0 Å². The maximum Gasteiger partial charge on any atom is 0.0372 e. The molecule has 0 radical (unpaired) electrons. The summed E-state index contributed by atoms with van der Waals surface area (Å²) in [5, 5.41) is 0.869. The molecule has 0 amide bonds. The van der Waals surface area contributed by atoms with Crippen molar-refractivity contribution in [2.45, 2.75) is 76.4 Å². The van der Waals surface area contributed by atoms with Crippen molar-refractivity contribution in [1.82, 2.24) is 0 Å². The summed E-state index contributed by atoms with van der Waals surface area (Å²) in [6.45, 7) is 7.47. The maximum atomic E-state index is 2.57. The standard InChI is InChI=1S/C12H26Si/c1-4-5-9-12(13(2)3)10-7-6-8-11-12/h13H,4-11H2,1-3H3. The molecule has 1 rings (SSSR count). The van der Waals surface area contributed by atoms with Crippen LogP contribution in [0.4, 0.5) is 0 Å². The van der Waals surface area contributed by atoms with Crippen molar-refractivity contribution in [3.05, 3.63) is 0 Å². The summed E-state index contributed by atoms with van der Waals surface area (Å²) >= 11 is 0. The van der Waals surface area contributed by atoms with Crippen molar-refractivity contribution in [3.63, 3.8) is 0 Å². The van der Waals surface area contributed by atoms with E-state index in [-0.39, 0.29) is 0 Å². The molecular formula is C12H26Si. The maximum absolute atomic E-state index is 2.57. The van der Waals surface area contributed by atoms with Crippen molar-refractivity contribution in [3.8, 4) is 0 Å². The lowest BCUT2D eigenvalue weighted by atomic mass is 9.84. The van der Waals surface area contributed by atoms with Crippen LogP contribution in [-0.4, -0.2) is 8.80 Å². The van der Waals surface area contributed by atoms with Gasteiger partial charge in [0, 0.05) is 8.80 Å². The summed E-state index contributed by atoms with van der Waals surface area (Å²) in [4.78, 5) is 0. The highest BCUT2D eigenvalue weighted by molar-refractivity contribution is 6.59. The largest absolute Gasteiger partial charge is 0.0718 e. The molecule has 0 aliphatic heterocycles. The third-order valence-electron chi connectivity index (χ3n) is 4.10. The fourth-order valence-electron chi connectivity index (χ4n) is 2.90. The number of rotatable bonds is 4. The summed E-state index contributed by atoms with van der Waals surface area (Å²) < 4.78 is 0. The first-order valence-corrected chi connectivity index (χ1v) is 9.10. The first-order chi connectivity index (χ1) is 6.21. The Balaban J connectivity index is 2.51. The molecule has 0 unspecified atom stereocenters. The molecule has 1 aliphatic rings. The van der Waals surface area contributed by atoms with Crippen molar-refractivity contribution in [1.29, 1.82) is 0 Å². The molecule has 0 nitrogen and oxygen atoms in total. The molecule has 0 heterocycles. The molecule has 13 heavy (non-hydrogen) atoms. The molecule has 1 saturated carbocycles. The van der Waals surface area contributed by atoms with Crippen LogP contribution in [0.1, 0.15) is 58.3 Å². The Kier molecular flexibility index (Phi) is 4.50. The van der Waals surface area contributed by atoms with E-state index in [9.17, 15) is 0 Å². The van der Waals surface area contributed by atoms with Crippen LogP contribution < -0.4 is 0 Å². The first-order valence-electron chi connectivity index (χ1n) is 6.21. The molecule has 0 atom stereocenters. The van der Waals surface area contributed by atoms with Gasteiger partial charge in [0.25, 0.3) is 0 Å². The first kappa shape index (κ1) is 11.3. The minimum Gasteiger partial charge on any atom is -0.0718 e. The second kappa shape index (κ2) is 5.19. The number of hydrogen-bond donors (Lipinski definition) is 0. The van der Waals surface area contributed by atoms with Gasteiger partial charge in [-0.25, -0.2) is 0 Å². The number of hydrogen-bond acceptors (Lipinski definition) is 0. The van der Waals surface area contributed by atoms with E-state index >= 15 is 0 Å². The zero-order valence-electron chi connectivity index (χ0n) is 9.73. The van der Waals surface area contributed by atoms with Gasteiger partial charge in [-0.1, -0.05) is 71.4 Å². The minimum absolute atomic E-state index is 0.419. The van der Waals surface area contributed by atoms with Gasteiger partial charge in [-0.15, -0.1) is 0 Å². The van der Waals surface area contributed by atoms with Gasteiger partial charge in [0.15, 0.2) is 0 Å². The zero-order chi connectivity index (χ0) is 9.73. The normalized spacial score (nSPS) is 22.2. The van der Waals surface area contributed by atoms with Gasteiger partial charge in [0.2, 0.25) is 0 Å². The predicted octanol–water partition coefficient (Wildman–Crippen LogP) is 4.37. The average Bonchev–Trinajstić information content (AvgIpc) is 2.16. The Hall–Kier alpha value is 0.217. The van der Waals surface area contributed by atoms with Crippen LogP contribution in [0.25, 0.3) is 0 Å². The molecule has 0 aromatic heterocycles. The summed E-state index contributed by atoms with van der Waals surface area (Å²) in [6, 6.07) is 0. The summed E-state index contributed by atoms with van der Waals surface area (Å²) in [5.74, 6) is 0. The van der Waals surface area contributed by atoms with E-state index in [1.807, 2.05) is 0 Å². The second-order valence-corrected chi connectivity index (χ2v) is 8.72. The van der Waals surface area contributed by atoms with E-state index in [0.717, 1.165) is 5.04 Å². The fraction of sp³-hybridized carbons (Fsp3) is 1.00. The molecule has 0 bridgehead atoms. The highest BCUT2D eigenvalue weighted by atomic mass is 28.3. The van der Waals surface area contributed by atoms with Gasteiger partial charge in [-0.2, -0.15) is 0 Å². The van der Waals surface area contributed by atoms with E-state index in [4.69, 9.17) is 0 Å². The molecule has 1 fully saturated rings. The third-order valence-corrected chi connectivity index (χ3v) is 7.42. The molecule has 0 aromatic carbocycles. The monoisotopic (exact) mass is 198 g/mol. The highest BCUT2D eigenvalue weighted by Crippen LogP contribution is 2.49.